The fraction of sp³-hybridized carbons (Fsp3) is 0.929. The predicted molar refractivity (Wildman–Crippen MR) is 75.4 cm³/mol. The molecule has 1 rings (SSSR count). The van der Waals surface area contributed by atoms with Crippen LogP contribution in [0, 0.1) is 0 Å². The maximum Gasteiger partial charge on any atom is 0.221 e. The van der Waals surface area contributed by atoms with Crippen molar-refractivity contribution in [3.63, 3.8) is 0 Å². The van der Waals surface area contributed by atoms with Crippen LogP contribution in [0.15, 0.2) is 0 Å². The van der Waals surface area contributed by atoms with E-state index >= 15 is 0 Å². The lowest BCUT2D eigenvalue weighted by Gasteiger charge is -2.37. The van der Waals surface area contributed by atoms with Crippen molar-refractivity contribution in [2.24, 2.45) is 5.73 Å². The number of carbonyl (C=O) groups excluding carboxylic acids is 1. The first kappa shape index (κ1) is 15.4. The molecule has 1 aliphatic carbocycles. The van der Waals surface area contributed by atoms with Crippen LogP contribution in [0.3, 0.4) is 0 Å². The van der Waals surface area contributed by atoms with Crippen LogP contribution in [-0.2, 0) is 4.79 Å². The molecule has 4 nitrogen and oxygen atoms in total. The molecule has 0 saturated heterocycles. The summed E-state index contributed by atoms with van der Waals surface area (Å²) in [7, 11) is 2.14. The molecule has 4 heteroatoms. The lowest BCUT2D eigenvalue weighted by atomic mass is 9.75. The van der Waals surface area contributed by atoms with Crippen molar-refractivity contribution in [2.45, 2.75) is 64.0 Å². The zero-order valence-electron chi connectivity index (χ0n) is 12.2. The third-order valence-electron chi connectivity index (χ3n) is 4.00. The Balaban J connectivity index is 1.99. The summed E-state index contributed by atoms with van der Waals surface area (Å²) in [6, 6.07) is 0.593. The summed E-state index contributed by atoms with van der Waals surface area (Å²) in [6.45, 7) is 6.26. The molecule has 0 aromatic carbocycles. The van der Waals surface area contributed by atoms with E-state index in [9.17, 15) is 4.79 Å². The van der Waals surface area contributed by atoms with Crippen LogP contribution in [0.5, 0.6) is 0 Å². The summed E-state index contributed by atoms with van der Waals surface area (Å²) in [5.41, 5.74) is 5.85. The molecule has 0 aromatic heterocycles. The Morgan fingerprint density at radius 2 is 2.06 bits per heavy atom. The van der Waals surface area contributed by atoms with E-state index < -0.39 is 0 Å². The molecule has 0 radical (unpaired) electrons. The zero-order chi connectivity index (χ0) is 13.6. The van der Waals surface area contributed by atoms with E-state index in [0.29, 0.717) is 12.5 Å². The van der Waals surface area contributed by atoms with Gasteiger partial charge in [0.15, 0.2) is 0 Å². The van der Waals surface area contributed by atoms with Gasteiger partial charge < -0.3 is 16.0 Å². The third kappa shape index (κ3) is 5.36. The van der Waals surface area contributed by atoms with Gasteiger partial charge in [0.25, 0.3) is 0 Å². The first-order chi connectivity index (χ1) is 8.43. The minimum atomic E-state index is -0.193. The molecule has 106 valence electrons. The van der Waals surface area contributed by atoms with Gasteiger partial charge in [0.2, 0.25) is 5.91 Å². The number of nitrogens with zero attached hydrogens (tertiary/aromatic N) is 1. The number of carbonyl (C=O) groups is 1. The normalized spacial score (nSPS) is 17.9. The van der Waals surface area contributed by atoms with E-state index in [4.69, 9.17) is 5.73 Å². The van der Waals surface area contributed by atoms with Crippen LogP contribution in [0.25, 0.3) is 0 Å². The van der Waals surface area contributed by atoms with E-state index in [1.807, 2.05) is 0 Å². The lowest BCUT2D eigenvalue weighted by molar-refractivity contribution is -0.123. The molecule has 0 aliphatic heterocycles. The third-order valence-corrected chi connectivity index (χ3v) is 4.00. The topological polar surface area (TPSA) is 58.4 Å². The fourth-order valence-corrected chi connectivity index (χ4v) is 2.16. The number of rotatable bonds is 8. The Kier molecular flexibility index (Phi) is 6.09. The highest BCUT2D eigenvalue weighted by atomic mass is 16.1. The van der Waals surface area contributed by atoms with Crippen molar-refractivity contribution in [2.75, 3.05) is 20.1 Å². The van der Waals surface area contributed by atoms with Gasteiger partial charge in [-0.3, -0.25) is 4.79 Å². The second-order valence-corrected chi connectivity index (χ2v) is 6.02. The molecule has 3 N–H and O–H groups in total. The quantitative estimate of drug-likeness (QED) is 0.646. The van der Waals surface area contributed by atoms with Crippen molar-refractivity contribution in [1.29, 1.82) is 0 Å². The Bertz CT molecular complexity index is 262. The first-order valence-electron chi connectivity index (χ1n) is 7.19. The summed E-state index contributed by atoms with van der Waals surface area (Å²) in [6.07, 6.45) is 5.84. The van der Waals surface area contributed by atoms with Crippen molar-refractivity contribution in [3.05, 3.63) is 0 Å². The van der Waals surface area contributed by atoms with Crippen molar-refractivity contribution < 1.29 is 4.79 Å². The Morgan fingerprint density at radius 3 is 2.56 bits per heavy atom. The summed E-state index contributed by atoms with van der Waals surface area (Å²) in [5, 5.41) is 2.97. The van der Waals surface area contributed by atoms with E-state index in [1.54, 1.807) is 0 Å². The van der Waals surface area contributed by atoms with Crippen molar-refractivity contribution >= 4 is 5.91 Å². The van der Waals surface area contributed by atoms with Gasteiger partial charge in [-0.2, -0.15) is 0 Å². The summed E-state index contributed by atoms with van der Waals surface area (Å²) in [5.74, 6) is 0.120. The van der Waals surface area contributed by atoms with Gasteiger partial charge in [-0.15, -0.1) is 0 Å². The monoisotopic (exact) mass is 255 g/mol. The van der Waals surface area contributed by atoms with Crippen LogP contribution < -0.4 is 11.1 Å². The molecule has 0 atom stereocenters. The summed E-state index contributed by atoms with van der Waals surface area (Å²) < 4.78 is 0. The number of nitrogens with one attached hydrogen (secondary N) is 1. The van der Waals surface area contributed by atoms with Crippen LogP contribution >= 0.6 is 0 Å². The van der Waals surface area contributed by atoms with Gasteiger partial charge >= 0.3 is 0 Å². The predicted octanol–water partition coefficient (Wildman–Crippen LogP) is 1.49. The zero-order valence-corrected chi connectivity index (χ0v) is 12.2. The Morgan fingerprint density at radius 1 is 1.39 bits per heavy atom. The maximum atomic E-state index is 11.7. The molecule has 0 aromatic rings. The molecule has 1 saturated carbocycles. The highest BCUT2D eigenvalue weighted by molar-refractivity contribution is 5.77. The average Bonchev–Trinajstić information content (AvgIpc) is 2.26. The van der Waals surface area contributed by atoms with E-state index in [1.165, 1.54) is 6.42 Å². The van der Waals surface area contributed by atoms with E-state index in [2.05, 4.69) is 31.1 Å². The molecule has 18 heavy (non-hydrogen) atoms. The fourth-order valence-electron chi connectivity index (χ4n) is 2.16. The highest BCUT2D eigenvalue weighted by Crippen LogP contribution is 2.31. The number of nitrogens with two attached hydrogens (primary N) is 1. The number of unbranched alkanes of at least 4 members (excludes halogenated alkanes) is 1. The molecule has 1 aliphatic rings. The maximum absolute atomic E-state index is 11.7. The van der Waals surface area contributed by atoms with Crippen LogP contribution in [-0.4, -0.2) is 42.5 Å². The smallest absolute Gasteiger partial charge is 0.221 e. The molecule has 0 heterocycles. The second-order valence-electron chi connectivity index (χ2n) is 6.02. The van der Waals surface area contributed by atoms with Crippen LogP contribution in [0.2, 0.25) is 0 Å². The van der Waals surface area contributed by atoms with E-state index in [0.717, 1.165) is 38.8 Å². The molecular formula is C14H29N3O. The molecular weight excluding hydrogens is 226 g/mol. The minimum Gasteiger partial charge on any atom is -0.356 e. The van der Waals surface area contributed by atoms with Gasteiger partial charge in [-0.25, -0.2) is 0 Å². The van der Waals surface area contributed by atoms with Gasteiger partial charge in [0.05, 0.1) is 0 Å². The largest absolute Gasteiger partial charge is 0.356 e. The molecule has 0 bridgehead atoms. The number of hydrogen-bond acceptors (Lipinski definition) is 3. The standard InChI is InChI=1S/C14H29N3O/c1-12(2)17(3)10-5-4-9-16-13(18)11-14(15)7-6-8-14/h12H,4-11,15H2,1-3H3,(H,16,18). The molecule has 1 fully saturated rings. The summed E-state index contributed by atoms with van der Waals surface area (Å²) >= 11 is 0. The van der Waals surface area contributed by atoms with Gasteiger partial charge in [0.1, 0.15) is 0 Å². The SMILES string of the molecule is CC(C)N(C)CCCCNC(=O)CC1(N)CCC1. The molecule has 0 unspecified atom stereocenters. The van der Waals surface area contributed by atoms with Gasteiger partial charge in [-0.1, -0.05) is 0 Å². The average molecular weight is 255 g/mol. The highest BCUT2D eigenvalue weighted by Gasteiger charge is 2.34. The molecule has 0 spiro atoms. The van der Waals surface area contributed by atoms with Crippen molar-refractivity contribution in [1.82, 2.24) is 10.2 Å². The lowest BCUT2D eigenvalue weighted by Crippen LogP contribution is -2.50. The van der Waals surface area contributed by atoms with E-state index in [-0.39, 0.29) is 11.4 Å². The van der Waals surface area contributed by atoms with Crippen LogP contribution in [0.4, 0.5) is 0 Å². The van der Waals surface area contributed by atoms with Gasteiger partial charge in [-0.05, 0) is 59.5 Å². The van der Waals surface area contributed by atoms with Crippen LogP contribution in [0.1, 0.15) is 52.4 Å². The summed E-state index contributed by atoms with van der Waals surface area (Å²) in [4.78, 5) is 14.0. The minimum absolute atomic E-state index is 0.120. The van der Waals surface area contributed by atoms with Crippen molar-refractivity contribution in [3.8, 4) is 0 Å². The second kappa shape index (κ2) is 7.10. The molecule has 1 amide bonds. The first-order valence-corrected chi connectivity index (χ1v) is 7.19. The van der Waals surface area contributed by atoms with Gasteiger partial charge in [0, 0.05) is 24.5 Å². The number of hydrogen-bond donors (Lipinski definition) is 2. The Hall–Kier alpha value is -0.610. The number of amides is 1. The Labute approximate surface area is 111 Å².